The zero-order chi connectivity index (χ0) is 10.8. The van der Waals surface area contributed by atoms with Gasteiger partial charge in [-0.05, 0) is 40.8 Å². The molecule has 0 saturated carbocycles. The SMILES string of the molecule is Fc1cccc(F)c1Cn1ccc(I)n1. The number of halogens is 3. The maximum atomic E-state index is 13.3. The molecule has 0 saturated heterocycles. The molecule has 2 rings (SSSR count). The first-order valence-corrected chi connectivity index (χ1v) is 5.36. The zero-order valence-electron chi connectivity index (χ0n) is 7.62. The van der Waals surface area contributed by atoms with Crippen molar-refractivity contribution in [2.75, 3.05) is 0 Å². The molecular weight excluding hydrogens is 313 g/mol. The van der Waals surface area contributed by atoms with Crippen molar-refractivity contribution in [2.24, 2.45) is 0 Å². The fourth-order valence-corrected chi connectivity index (χ4v) is 1.71. The highest BCUT2D eigenvalue weighted by molar-refractivity contribution is 14.1. The summed E-state index contributed by atoms with van der Waals surface area (Å²) in [6, 6.07) is 5.61. The topological polar surface area (TPSA) is 17.8 Å². The Morgan fingerprint density at radius 2 is 1.87 bits per heavy atom. The standard InChI is InChI=1S/C10H7F2IN2/c11-8-2-1-3-9(12)7(8)6-15-5-4-10(13)14-15/h1-5H,6H2. The van der Waals surface area contributed by atoms with Crippen LogP contribution in [0.25, 0.3) is 0 Å². The average Bonchev–Trinajstić information content (AvgIpc) is 2.58. The highest BCUT2D eigenvalue weighted by atomic mass is 127. The molecular formula is C10H7F2IN2. The van der Waals surface area contributed by atoms with E-state index >= 15 is 0 Å². The summed E-state index contributed by atoms with van der Waals surface area (Å²) in [4.78, 5) is 0. The van der Waals surface area contributed by atoms with Crippen molar-refractivity contribution in [3.05, 3.63) is 51.4 Å². The van der Waals surface area contributed by atoms with E-state index in [2.05, 4.69) is 5.10 Å². The molecule has 0 spiro atoms. The van der Waals surface area contributed by atoms with Gasteiger partial charge in [-0.25, -0.2) is 8.78 Å². The van der Waals surface area contributed by atoms with Crippen molar-refractivity contribution in [1.82, 2.24) is 9.78 Å². The minimum absolute atomic E-state index is 0.0389. The van der Waals surface area contributed by atoms with Crippen LogP contribution in [0.2, 0.25) is 0 Å². The Hall–Kier alpha value is -0.980. The maximum Gasteiger partial charge on any atom is 0.131 e. The average molecular weight is 320 g/mol. The van der Waals surface area contributed by atoms with Gasteiger partial charge in [0.1, 0.15) is 15.3 Å². The number of hydrogen-bond acceptors (Lipinski definition) is 1. The molecule has 0 fully saturated rings. The van der Waals surface area contributed by atoms with Crippen LogP contribution in [0.1, 0.15) is 5.56 Å². The quantitative estimate of drug-likeness (QED) is 0.778. The van der Waals surface area contributed by atoms with Crippen molar-refractivity contribution in [3.8, 4) is 0 Å². The minimum Gasteiger partial charge on any atom is -0.267 e. The van der Waals surface area contributed by atoms with Crippen LogP contribution in [-0.4, -0.2) is 9.78 Å². The first-order chi connectivity index (χ1) is 7.16. The van der Waals surface area contributed by atoms with Gasteiger partial charge in [0.25, 0.3) is 0 Å². The third-order valence-corrected chi connectivity index (χ3v) is 2.57. The van der Waals surface area contributed by atoms with Crippen LogP contribution in [0.15, 0.2) is 30.5 Å². The first-order valence-electron chi connectivity index (χ1n) is 4.28. The number of benzene rings is 1. The van der Waals surface area contributed by atoms with Gasteiger partial charge in [-0.3, -0.25) is 4.68 Å². The Labute approximate surface area is 99.1 Å². The molecule has 2 nitrogen and oxygen atoms in total. The third-order valence-electron chi connectivity index (χ3n) is 1.99. The highest BCUT2D eigenvalue weighted by Gasteiger charge is 2.09. The Kier molecular flexibility index (Phi) is 2.99. The van der Waals surface area contributed by atoms with Crippen molar-refractivity contribution in [3.63, 3.8) is 0 Å². The monoisotopic (exact) mass is 320 g/mol. The van der Waals surface area contributed by atoms with E-state index in [1.54, 1.807) is 12.3 Å². The van der Waals surface area contributed by atoms with Gasteiger partial charge < -0.3 is 0 Å². The summed E-state index contributed by atoms with van der Waals surface area (Å²) in [7, 11) is 0. The molecule has 15 heavy (non-hydrogen) atoms. The normalized spacial score (nSPS) is 10.6. The van der Waals surface area contributed by atoms with E-state index in [0.29, 0.717) is 0 Å². The molecule has 0 aliphatic rings. The van der Waals surface area contributed by atoms with E-state index in [-0.39, 0.29) is 12.1 Å². The van der Waals surface area contributed by atoms with E-state index in [4.69, 9.17) is 0 Å². The van der Waals surface area contributed by atoms with Crippen molar-refractivity contribution >= 4 is 22.6 Å². The number of hydrogen-bond donors (Lipinski definition) is 0. The molecule has 0 unspecified atom stereocenters. The zero-order valence-corrected chi connectivity index (χ0v) is 9.78. The maximum absolute atomic E-state index is 13.3. The number of aromatic nitrogens is 2. The molecule has 0 radical (unpaired) electrons. The van der Waals surface area contributed by atoms with Crippen LogP contribution in [0.3, 0.4) is 0 Å². The van der Waals surface area contributed by atoms with Crippen LogP contribution >= 0.6 is 22.6 Å². The van der Waals surface area contributed by atoms with Gasteiger partial charge in [0.15, 0.2) is 0 Å². The minimum atomic E-state index is -0.541. The van der Waals surface area contributed by atoms with Crippen LogP contribution in [0.5, 0.6) is 0 Å². The molecule has 5 heteroatoms. The lowest BCUT2D eigenvalue weighted by molar-refractivity contribution is 0.532. The molecule has 78 valence electrons. The van der Waals surface area contributed by atoms with Gasteiger partial charge in [-0.1, -0.05) is 6.07 Å². The van der Waals surface area contributed by atoms with Gasteiger partial charge in [0, 0.05) is 11.8 Å². The summed E-state index contributed by atoms with van der Waals surface area (Å²) >= 11 is 2.04. The van der Waals surface area contributed by atoms with E-state index in [1.807, 2.05) is 22.6 Å². The first kappa shape index (κ1) is 10.5. The van der Waals surface area contributed by atoms with Crippen molar-refractivity contribution in [1.29, 1.82) is 0 Å². The van der Waals surface area contributed by atoms with E-state index in [1.165, 1.54) is 22.9 Å². The van der Waals surface area contributed by atoms with E-state index in [0.717, 1.165) is 3.70 Å². The molecule has 0 atom stereocenters. The van der Waals surface area contributed by atoms with Crippen LogP contribution in [-0.2, 0) is 6.54 Å². The lowest BCUT2D eigenvalue weighted by atomic mass is 10.2. The Morgan fingerprint density at radius 3 is 2.40 bits per heavy atom. The van der Waals surface area contributed by atoms with Gasteiger partial charge in [-0.15, -0.1) is 0 Å². The largest absolute Gasteiger partial charge is 0.267 e. The second-order valence-electron chi connectivity index (χ2n) is 3.04. The van der Waals surface area contributed by atoms with Crippen LogP contribution in [0.4, 0.5) is 8.78 Å². The fourth-order valence-electron chi connectivity index (χ4n) is 1.27. The smallest absolute Gasteiger partial charge is 0.131 e. The Balaban J connectivity index is 2.31. The summed E-state index contributed by atoms with van der Waals surface area (Å²) in [6.45, 7) is 0.113. The molecule has 1 heterocycles. The highest BCUT2D eigenvalue weighted by Crippen LogP contribution is 2.13. The van der Waals surface area contributed by atoms with Crippen LogP contribution < -0.4 is 0 Å². The van der Waals surface area contributed by atoms with Gasteiger partial charge in [0.2, 0.25) is 0 Å². The lowest BCUT2D eigenvalue weighted by Gasteiger charge is -2.04. The summed E-state index contributed by atoms with van der Waals surface area (Å²) in [5, 5.41) is 4.06. The van der Waals surface area contributed by atoms with E-state index in [9.17, 15) is 8.78 Å². The van der Waals surface area contributed by atoms with Gasteiger partial charge in [-0.2, -0.15) is 5.10 Å². The molecule has 0 aliphatic heterocycles. The second-order valence-corrected chi connectivity index (χ2v) is 4.14. The van der Waals surface area contributed by atoms with Gasteiger partial charge in [0.05, 0.1) is 6.54 Å². The van der Waals surface area contributed by atoms with Crippen molar-refractivity contribution in [2.45, 2.75) is 6.54 Å². The molecule has 0 amide bonds. The predicted octanol–water partition coefficient (Wildman–Crippen LogP) is 2.81. The molecule has 2 aromatic rings. The Bertz CT molecular complexity index is 462. The summed E-state index contributed by atoms with van der Waals surface area (Å²) < 4.78 is 28.8. The molecule has 0 bridgehead atoms. The van der Waals surface area contributed by atoms with Crippen molar-refractivity contribution < 1.29 is 8.78 Å². The van der Waals surface area contributed by atoms with Gasteiger partial charge >= 0.3 is 0 Å². The molecule has 1 aromatic carbocycles. The Morgan fingerprint density at radius 1 is 1.20 bits per heavy atom. The second kappa shape index (κ2) is 4.26. The van der Waals surface area contributed by atoms with Crippen LogP contribution in [0, 0.1) is 15.3 Å². The predicted molar refractivity (Wildman–Crippen MR) is 60.4 cm³/mol. The third kappa shape index (κ3) is 2.34. The number of nitrogens with zero attached hydrogens (tertiary/aromatic N) is 2. The summed E-state index contributed by atoms with van der Waals surface area (Å²) in [5.74, 6) is -1.08. The molecule has 0 N–H and O–H groups in total. The lowest BCUT2D eigenvalue weighted by Crippen LogP contribution is -2.05. The summed E-state index contributed by atoms with van der Waals surface area (Å²) in [6.07, 6.45) is 1.69. The van der Waals surface area contributed by atoms with E-state index < -0.39 is 11.6 Å². The molecule has 1 aromatic heterocycles. The number of rotatable bonds is 2. The summed E-state index contributed by atoms with van der Waals surface area (Å²) in [5.41, 5.74) is 0.0389. The fraction of sp³-hybridized carbons (Fsp3) is 0.100. The molecule has 0 aliphatic carbocycles.